The number of nitrogens with zero attached hydrogens (tertiary/aromatic N) is 4. The van der Waals surface area contributed by atoms with Gasteiger partial charge in [-0.25, -0.2) is 4.98 Å². The fourth-order valence-corrected chi connectivity index (χ4v) is 2.81. The highest BCUT2D eigenvalue weighted by molar-refractivity contribution is 5.79. The summed E-state index contributed by atoms with van der Waals surface area (Å²) in [5.41, 5.74) is 1.49. The van der Waals surface area contributed by atoms with Gasteiger partial charge >= 0.3 is 0 Å². The van der Waals surface area contributed by atoms with E-state index in [4.69, 9.17) is 9.26 Å². The van der Waals surface area contributed by atoms with E-state index in [0.717, 1.165) is 17.1 Å². The van der Waals surface area contributed by atoms with Crippen molar-refractivity contribution in [3.63, 3.8) is 0 Å². The van der Waals surface area contributed by atoms with Crippen molar-refractivity contribution >= 4 is 5.91 Å². The minimum absolute atomic E-state index is 0.0401. The van der Waals surface area contributed by atoms with Gasteiger partial charge in [0.2, 0.25) is 5.91 Å². The maximum absolute atomic E-state index is 12.7. The Kier molecular flexibility index (Phi) is 4.64. The molecular formula is C17H25N5O3. The molecule has 1 unspecified atom stereocenters. The number of morpholine rings is 1. The number of H-pyrrole nitrogens is 1. The predicted octanol–water partition coefficient (Wildman–Crippen LogP) is 1.85. The van der Waals surface area contributed by atoms with E-state index in [1.807, 2.05) is 13.8 Å². The number of rotatable bonds is 3. The summed E-state index contributed by atoms with van der Waals surface area (Å²) in [4.78, 5) is 19.0. The molecule has 1 aliphatic heterocycles. The highest BCUT2D eigenvalue weighted by Gasteiger charge is 2.30. The van der Waals surface area contributed by atoms with E-state index in [2.05, 4.69) is 41.1 Å². The Morgan fingerprint density at radius 2 is 2.12 bits per heavy atom. The molecule has 3 rings (SSSR count). The molecule has 0 aromatic carbocycles. The third-order valence-electron chi connectivity index (χ3n) is 4.41. The number of aromatic amines is 1. The highest BCUT2D eigenvalue weighted by Crippen LogP contribution is 2.24. The summed E-state index contributed by atoms with van der Waals surface area (Å²) in [7, 11) is 0. The summed E-state index contributed by atoms with van der Waals surface area (Å²) in [5.74, 6) is 2.14. The van der Waals surface area contributed by atoms with E-state index in [1.54, 1.807) is 4.90 Å². The Morgan fingerprint density at radius 3 is 2.72 bits per heavy atom. The molecule has 1 fully saturated rings. The molecule has 1 amide bonds. The van der Waals surface area contributed by atoms with Gasteiger partial charge in [-0.1, -0.05) is 25.9 Å². The van der Waals surface area contributed by atoms with Crippen LogP contribution in [-0.4, -0.2) is 50.8 Å². The third kappa shape index (κ3) is 3.73. The smallest absolute Gasteiger partial charge is 0.227 e. The number of amides is 1. The summed E-state index contributed by atoms with van der Waals surface area (Å²) in [5, 5.41) is 11.1. The van der Waals surface area contributed by atoms with Gasteiger partial charge in [-0.15, -0.1) is 0 Å². The van der Waals surface area contributed by atoms with Gasteiger partial charge in [0.1, 0.15) is 11.9 Å². The van der Waals surface area contributed by atoms with Crippen molar-refractivity contribution < 1.29 is 14.1 Å². The summed E-state index contributed by atoms with van der Waals surface area (Å²) in [6, 6.07) is 0. The molecule has 8 heteroatoms. The van der Waals surface area contributed by atoms with Crippen LogP contribution in [0.2, 0.25) is 0 Å². The lowest BCUT2D eigenvalue weighted by Crippen LogP contribution is -2.43. The average molecular weight is 347 g/mol. The van der Waals surface area contributed by atoms with Crippen molar-refractivity contribution in [2.45, 2.75) is 52.6 Å². The fourth-order valence-electron chi connectivity index (χ4n) is 2.81. The molecule has 0 aliphatic carbocycles. The minimum Gasteiger partial charge on any atom is -0.367 e. The second-order valence-electron chi connectivity index (χ2n) is 7.47. The third-order valence-corrected chi connectivity index (χ3v) is 4.41. The van der Waals surface area contributed by atoms with Gasteiger partial charge in [0.15, 0.2) is 11.6 Å². The molecule has 1 aliphatic rings. The second kappa shape index (κ2) is 6.59. The number of hydrogen-bond donors (Lipinski definition) is 1. The molecule has 3 heterocycles. The lowest BCUT2D eigenvalue weighted by molar-refractivity contribution is -0.138. The molecule has 0 spiro atoms. The van der Waals surface area contributed by atoms with Gasteiger partial charge in [0, 0.05) is 17.5 Å². The Bertz CT molecular complexity index is 739. The molecular weight excluding hydrogens is 322 g/mol. The van der Waals surface area contributed by atoms with Crippen LogP contribution in [0.3, 0.4) is 0 Å². The minimum atomic E-state index is -0.286. The number of aryl methyl sites for hydroxylation is 2. The normalized spacial score (nSPS) is 18.6. The van der Waals surface area contributed by atoms with Crippen LogP contribution in [0.5, 0.6) is 0 Å². The number of aromatic nitrogens is 4. The molecule has 0 radical (unpaired) electrons. The molecule has 8 nitrogen and oxygen atoms in total. The maximum atomic E-state index is 12.7. The largest absolute Gasteiger partial charge is 0.367 e. The standard InChI is InChI=1S/C17H25N5O3/c1-10-12(11(2)25-21-10)8-14(23)22-6-7-24-13(9-22)15-18-16(20-19-15)17(3,4)5/h13H,6-9H2,1-5H3,(H,18,19,20). The van der Waals surface area contributed by atoms with Gasteiger partial charge in [-0.2, -0.15) is 5.10 Å². The summed E-state index contributed by atoms with van der Waals surface area (Å²) in [6.07, 6.45) is 0.00308. The number of carbonyl (C=O) groups excluding carboxylic acids is 1. The van der Waals surface area contributed by atoms with Crippen LogP contribution in [0, 0.1) is 13.8 Å². The lowest BCUT2D eigenvalue weighted by Gasteiger charge is -2.32. The Balaban J connectivity index is 1.68. The van der Waals surface area contributed by atoms with Crippen LogP contribution in [0.1, 0.15) is 55.5 Å². The topological polar surface area (TPSA) is 97.1 Å². The Hall–Kier alpha value is -2.22. The predicted molar refractivity (Wildman–Crippen MR) is 90.0 cm³/mol. The van der Waals surface area contributed by atoms with E-state index in [1.165, 1.54) is 0 Å². The van der Waals surface area contributed by atoms with Gasteiger partial charge in [0.25, 0.3) is 0 Å². The maximum Gasteiger partial charge on any atom is 0.227 e. The quantitative estimate of drug-likeness (QED) is 0.910. The average Bonchev–Trinajstić information content (AvgIpc) is 3.17. The van der Waals surface area contributed by atoms with Crippen LogP contribution in [0.4, 0.5) is 0 Å². The molecule has 1 N–H and O–H groups in total. The van der Waals surface area contributed by atoms with Crippen LogP contribution in [0.15, 0.2) is 4.52 Å². The van der Waals surface area contributed by atoms with Crippen molar-refractivity contribution in [1.29, 1.82) is 0 Å². The number of ether oxygens (including phenoxy) is 1. The van der Waals surface area contributed by atoms with Crippen molar-refractivity contribution in [3.8, 4) is 0 Å². The molecule has 25 heavy (non-hydrogen) atoms. The van der Waals surface area contributed by atoms with E-state index in [0.29, 0.717) is 31.3 Å². The summed E-state index contributed by atoms with van der Waals surface area (Å²) in [6.45, 7) is 11.4. The SMILES string of the molecule is Cc1noc(C)c1CC(=O)N1CCOC(c2nc(C(C)(C)C)n[nH]2)C1. The zero-order chi connectivity index (χ0) is 18.2. The number of nitrogens with one attached hydrogen (secondary N) is 1. The molecule has 2 aromatic heterocycles. The summed E-state index contributed by atoms with van der Waals surface area (Å²) < 4.78 is 10.9. The Labute approximate surface area is 146 Å². The van der Waals surface area contributed by atoms with Gasteiger partial charge < -0.3 is 14.2 Å². The van der Waals surface area contributed by atoms with Crippen LogP contribution in [0.25, 0.3) is 0 Å². The molecule has 1 saturated heterocycles. The van der Waals surface area contributed by atoms with Crippen molar-refractivity contribution in [2.24, 2.45) is 0 Å². The van der Waals surface area contributed by atoms with E-state index in [-0.39, 0.29) is 23.8 Å². The first-order valence-corrected chi connectivity index (χ1v) is 8.49. The van der Waals surface area contributed by atoms with Gasteiger partial charge in [0.05, 0.1) is 25.3 Å². The van der Waals surface area contributed by atoms with E-state index in [9.17, 15) is 4.79 Å². The van der Waals surface area contributed by atoms with Crippen molar-refractivity contribution in [3.05, 3.63) is 28.7 Å². The lowest BCUT2D eigenvalue weighted by atomic mass is 9.96. The Morgan fingerprint density at radius 1 is 1.36 bits per heavy atom. The van der Waals surface area contributed by atoms with Crippen molar-refractivity contribution in [1.82, 2.24) is 25.2 Å². The number of hydrogen-bond acceptors (Lipinski definition) is 6. The zero-order valence-electron chi connectivity index (χ0n) is 15.4. The monoisotopic (exact) mass is 347 g/mol. The van der Waals surface area contributed by atoms with Crippen LogP contribution >= 0.6 is 0 Å². The molecule has 0 saturated carbocycles. The first-order chi connectivity index (χ1) is 11.8. The van der Waals surface area contributed by atoms with Crippen LogP contribution in [-0.2, 0) is 21.4 Å². The fraction of sp³-hybridized carbons (Fsp3) is 0.647. The first-order valence-electron chi connectivity index (χ1n) is 8.49. The summed E-state index contributed by atoms with van der Waals surface area (Å²) >= 11 is 0. The van der Waals surface area contributed by atoms with Gasteiger partial charge in [-0.3, -0.25) is 9.89 Å². The molecule has 136 valence electrons. The second-order valence-corrected chi connectivity index (χ2v) is 7.47. The molecule has 1 atom stereocenters. The molecule has 2 aromatic rings. The number of carbonyl (C=O) groups is 1. The van der Waals surface area contributed by atoms with Gasteiger partial charge in [-0.05, 0) is 13.8 Å². The van der Waals surface area contributed by atoms with Crippen molar-refractivity contribution in [2.75, 3.05) is 19.7 Å². The zero-order valence-corrected chi connectivity index (χ0v) is 15.4. The van der Waals surface area contributed by atoms with E-state index < -0.39 is 0 Å². The van der Waals surface area contributed by atoms with Crippen LogP contribution < -0.4 is 0 Å². The van der Waals surface area contributed by atoms with E-state index >= 15 is 0 Å². The molecule has 0 bridgehead atoms. The highest BCUT2D eigenvalue weighted by atomic mass is 16.5. The first kappa shape index (κ1) is 17.6.